The van der Waals surface area contributed by atoms with E-state index in [2.05, 4.69) is 20.2 Å². The topological polar surface area (TPSA) is 60.2 Å². The van der Waals surface area contributed by atoms with Gasteiger partial charge in [-0.05, 0) is 25.1 Å². The quantitative estimate of drug-likeness (QED) is 0.715. The van der Waals surface area contributed by atoms with E-state index in [1.54, 1.807) is 0 Å². The molecule has 0 amide bonds. The molecule has 1 N–H and O–H groups in total. The first-order valence-electron chi connectivity index (χ1n) is 7.39. The number of ether oxygens (including phenoxy) is 1. The molecule has 0 saturated heterocycles. The zero-order valence-corrected chi connectivity index (χ0v) is 13.2. The highest BCUT2D eigenvalue weighted by Crippen LogP contribution is 2.27. The molecule has 3 rings (SSSR count). The Morgan fingerprint density at radius 3 is 2.80 bits per heavy atom. The average Bonchev–Trinajstić information content (AvgIpc) is 3.04. The SMILES string of the molecule is Cc1cccc(-c2noc(CNc3cc(F)ccc3OC(F)F)n2)c1. The molecule has 3 aromatic rings. The molecule has 0 radical (unpaired) electrons. The molecule has 0 aliphatic rings. The standard InChI is InChI=1S/C17H14F3N3O2/c1-10-3-2-4-11(7-10)16-22-15(25-23-16)9-21-13-8-12(18)5-6-14(13)24-17(19)20/h2-8,17,21H,9H2,1H3. The average molecular weight is 349 g/mol. The minimum atomic E-state index is -3.01. The minimum absolute atomic E-state index is 0.0296. The Morgan fingerprint density at radius 2 is 2.04 bits per heavy atom. The van der Waals surface area contributed by atoms with Gasteiger partial charge in [-0.2, -0.15) is 13.8 Å². The third-order valence-corrected chi connectivity index (χ3v) is 3.33. The Hall–Kier alpha value is -3.03. The molecule has 0 aliphatic heterocycles. The molecule has 0 spiro atoms. The Kier molecular flexibility index (Phi) is 4.87. The van der Waals surface area contributed by atoms with Gasteiger partial charge in [-0.25, -0.2) is 4.39 Å². The number of nitrogens with one attached hydrogen (secondary N) is 1. The molecule has 1 heterocycles. The van der Waals surface area contributed by atoms with Crippen molar-refractivity contribution in [1.29, 1.82) is 0 Å². The van der Waals surface area contributed by atoms with Crippen LogP contribution in [0.1, 0.15) is 11.5 Å². The molecular weight excluding hydrogens is 335 g/mol. The fourth-order valence-electron chi connectivity index (χ4n) is 2.24. The first-order valence-corrected chi connectivity index (χ1v) is 7.39. The molecule has 0 unspecified atom stereocenters. The van der Waals surface area contributed by atoms with Crippen molar-refractivity contribution < 1.29 is 22.4 Å². The minimum Gasteiger partial charge on any atom is -0.433 e. The first kappa shape index (κ1) is 16.8. The van der Waals surface area contributed by atoms with Crippen LogP contribution in [0.25, 0.3) is 11.4 Å². The van der Waals surface area contributed by atoms with Gasteiger partial charge in [0.05, 0.1) is 12.2 Å². The zero-order chi connectivity index (χ0) is 17.8. The van der Waals surface area contributed by atoms with Crippen LogP contribution in [0.2, 0.25) is 0 Å². The summed E-state index contributed by atoms with van der Waals surface area (Å²) in [4.78, 5) is 4.23. The van der Waals surface area contributed by atoms with E-state index in [9.17, 15) is 13.2 Å². The summed E-state index contributed by atoms with van der Waals surface area (Å²) in [6.45, 7) is -1.04. The monoisotopic (exact) mass is 349 g/mol. The Balaban J connectivity index is 1.73. The first-order chi connectivity index (χ1) is 12.0. The van der Waals surface area contributed by atoms with Crippen molar-refractivity contribution in [3.8, 4) is 17.1 Å². The van der Waals surface area contributed by atoms with Crippen LogP contribution in [0.5, 0.6) is 5.75 Å². The summed E-state index contributed by atoms with van der Waals surface area (Å²) in [6, 6.07) is 10.8. The predicted octanol–water partition coefficient (Wildman–Crippen LogP) is 4.40. The van der Waals surface area contributed by atoms with Crippen LogP contribution in [0, 0.1) is 12.7 Å². The van der Waals surface area contributed by atoms with Crippen LogP contribution >= 0.6 is 0 Å². The van der Waals surface area contributed by atoms with Gasteiger partial charge in [0.25, 0.3) is 0 Å². The largest absolute Gasteiger partial charge is 0.433 e. The summed E-state index contributed by atoms with van der Waals surface area (Å²) in [6.07, 6.45) is 0. The molecule has 130 valence electrons. The van der Waals surface area contributed by atoms with Gasteiger partial charge in [0.2, 0.25) is 11.7 Å². The highest BCUT2D eigenvalue weighted by Gasteiger charge is 2.13. The molecule has 2 aromatic carbocycles. The number of aryl methyl sites for hydroxylation is 1. The van der Waals surface area contributed by atoms with Crippen molar-refractivity contribution >= 4 is 5.69 Å². The van der Waals surface area contributed by atoms with E-state index in [1.807, 2.05) is 31.2 Å². The van der Waals surface area contributed by atoms with Gasteiger partial charge >= 0.3 is 6.61 Å². The lowest BCUT2D eigenvalue weighted by Crippen LogP contribution is -2.07. The summed E-state index contributed by atoms with van der Waals surface area (Å²) in [5, 5.41) is 6.63. The number of aromatic nitrogens is 2. The van der Waals surface area contributed by atoms with Gasteiger partial charge < -0.3 is 14.6 Å². The second-order valence-corrected chi connectivity index (χ2v) is 5.25. The Bertz CT molecular complexity index is 868. The van der Waals surface area contributed by atoms with E-state index in [1.165, 1.54) is 0 Å². The number of halogens is 3. The maximum Gasteiger partial charge on any atom is 0.387 e. The number of rotatable bonds is 6. The van der Waals surface area contributed by atoms with Crippen LogP contribution in [0.3, 0.4) is 0 Å². The second kappa shape index (κ2) is 7.25. The van der Waals surface area contributed by atoms with Crippen LogP contribution in [0.15, 0.2) is 47.0 Å². The van der Waals surface area contributed by atoms with Crippen molar-refractivity contribution in [1.82, 2.24) is 10.1 Å². The third kappa shape index (κ3) is 4.28. The number of nitrogens with zero attached hydrogens (tertiary/aromatic N) is 2. The summed E-state index contributed by atoms with van der Waals surface area (Å²) in [5.74, 6) is -0.127. The smallest absolute Gasteiger partial charge is 0.387 e. The predicted molar refractivity (Wildman–Crippen MR) is 84.8 cm³/mol. The lowest BCUT2D eigenvalue weighted by Gasteiger charge is -2.11. The molecule has 1 aromatic heterocycles. The molecule has 0 saturated carbocycles. The third-order valence-electron chi connectivity index (χ3n) is 3.33. The molecule has 25 heavy (non-hydrogen) atoms. The van der Waals surface area contributed by atoms with Crippen LogP contribution in [0.4, 0.5) is 18.9 Å². The van der Waals surface area contributed by atoms with E-state index in [4.69, 9.17) is 4.52 Å². The van der Waals surface area contributed by atoms with E-state index in [0.717, 1.165) is 29.3 Å². The molecule has 0 atom stereocenters. The van der Waals surface area contributed by atoms with Gasteiger partial charge in [-0.1, -0.05) is 28.9 Å². The number of hydrogen-bond donors (Lipinski definition) is 1. The van der Waals surface area contributed by atoms with Gasteiger partial charge in [-0.3, -0.25) is 0 Å². The van der Waals surface area contributed by atoms with Crippen molar-refractivity contribution in [2.75, 3.05) is 5.32 Å². The fourth-order valence-corrected chi connectivity index (χ4v) is 2.24. The maximum atomic E-state index is 13.3. The normalized spacial score (nSPS) is 10.9. The highest BCUT2D eigenvalue weighted by molar-refractivity contribution is 5.57. The van der Waals surface area contributed by atoms with E-state index < -0.39 is 12.4 Å². The molecular formula is C17H14F3N3O2. The Labute approximate surface area is 141 Å². The number of hydrogen-bond acceptors (Lipinski definition) is 5. The zero-order valence-electron chi connectivity index (χ0n) is 13.2. The summed E-state index contributed by atoms with van der Waals surface area (Å²) < 4.78 is 47.6. The highest BCUT2D eigenvalue weighted by atomic mass is 19.3. The van der Waals surface area contributed by atoms with Gasteiger partial charge in [-0.15, -0.1) is 0 Å². The van der Waals surface area contributed by atoms with Gasteiger partial charge in [0, 0.05) is 11.6 Å². The second-order valence-electron chi connectivity index (χ2n) is 5.25. The lowest BCUT2D eigenvalue weighted by molar-refractivity contribution is -0.0494. The fraction of sp³-hybridized carbons (Fsp3) is 0.176. The summed E-state index contributed by atoms with van der Waals surface area (Å²) >= 11 is 0. The van der Waals surface area contributed by atoms with Crippen molar-refractivity contribution in [3.63, 3.8) is 0 Å². The summed E-state index contributed by atoms with van der Waals surface area (Å²) in [7, 11) is 0. The lowest BCUT2D eigenvalue weighted by atomic mass is 10.1. The van der Waals surface area contributed by atoms with Gasteiger partial charge in [0.1, 0.15) is 11.6 Å². The summed E-state index contributed by atoms with van der Waals surface area (Å²) in [5.41, 5.74) is 1.91. The number of benzene rings is 2. The molecule has 0 bridgehead atoms. The van der Waals surface area contributed by atoms with Crippen LogP contribution in [-0.4, -0.2) is 16.8 Å². The van der Waals surface area contributed by atoms with Gasteiger partial charge in [0.15, 0.2) is 0 Å². The molecule has 0 fully saturated rings. The molecule has 8 heteroatoms. The Morgan fingerprint density at radius 1 is 1.20 bits per heavy atom. The van der Waals surface area contributed by atoms with E-state index in [0.29, 0.717) is 5.82 Å². The number of alkyl halides is 2. The van der Waals surface area contributed by atoms with E-state index in [-0.39, 0.29) is 23.9 Å². The molecule has 5 nitrogen and oxygen atoms in total. The van der Waals surface area contributed by atoms with E-state index >= 15 is 0 Å². The number of anilines is 1. The van der Waals surface area contributed by atoms with Crippen molar-refractivity contribution in [3.05, 3.63) is 59.7 Å². The van der Waals surface area contributed by atoms with Crippen molar-refractivity contribution in [2.45, 2.75) is 20.1 Å². The molecule has 0 aliphatic carbocycles. The van der Waals surface area contributed by atoms with Crippen LogP contribution in [-0.2, 0) is 6.54 Å². The van der Waals surface area contributed by atoms with Crippen molar-refractivity contribution in [2.24, 2.45) is 0 Å². The maximum absolute atomic E-state index is 13.3. The van der Waals surface area contributed by atoms with Crippen LogP contribution < -0.4 is 10.1 Å².